The zero-order valence-electron chi connectivity index (χ0n) is 11.6. The Bertz CT molecular complexity index is 88.2. The first-order valence-corrected chi connectivity index (χ1v) is 6.02. The first kappa shape index (κ1) is 23.8. The van der Waals surface area contributed by atoms with Crippen molar-refractivity contribution in [2.24, 2.45) is 0 Å². The lowest BCUT2D eigenvalue weighted by atomic mass is 10.4. The van der Waals surface area contributed by atoms with Crippen molar-refractivity contribution >= 4 is 0 Å². The van der Waals surface area contributed by atoms with Crippen LogP contribution in [0, 0.1) is 0 Å². The number of benzene rings is 1. The number of aliphatic hydroxyl groups is 1. The number of aliphatic hydroxyl groups excluding tert-OH is 1. The summed E-state index contributed by atoms with van der Waals surface area (Å²) < 4.78 is 0. The van der Waals surface area contributed by atoms with E-state index < -0.39 is 0 Å². The Kier molecular flexibility index (Phi) is 81.1. The lowest BCUT2D eigenvalue weighted by Gasteiger charge is -1.69. The molecule has 15 heavy (non-hydrogen) atoms. The van der Waals surface area contributed by atoms with E-state index in [1.165, 1.54) is 0 Å². The Morgan fingerprint density at radius 1 is 0.600 bits per heavy atom. The molecule has 0 saturated carbocycles. The lowest BCUT2D eigenvalue weighted by molar-refractivity contribution is 0.318. The highest BCUT2D eigenvalue weighted by atomic mass is 16.2. The Labute approximate surface area is 97.2 Å². The van der Waals surface area contributed by atoms with Crippen LogP contribution in [0.25, 0.3) is 0 Å². The van der Waals surface area contributed by atoms with E-state index in [-0.39, 0.29) is 6.61 Å². The summed E-state index contributed by atoms with van der Waals surface area (Å²) in [7, 11) is 0. The predicted molar refractivity (Wildman–Crippen MR) is 73.2 cm³/mol. The molecule has 0 amide bonds. The molecular weight excluding hydrogens is 184 g/mol. The Balaban J connectivity index is -0.0000000585. The van der Waals surface area contributed by atoms with E-state index in [1.807, 2.05) is 77.9 Å². The Morgan fingerprint density at radius 3 is 0.733 bits per heavy atom. The maximum absolute atomic E-state index is 7.57. The standard InChI is InChI=1S/C6H6.C2H6O.3C2H6/c1-2-4-6-5-3-1;1-2-3;3*1-2/h1-6H;3H,2H2,1H3;3*1-2H3. The van der Waals surface area contributed by atoms with Crippen LogP contribution in [0.5, 0.6) is 0 Å². The summed E-state index contributed by atoms with van der Waals surface area (Å²) in [6.45, 7) is 13.9. The maximum atomic E-state index is 7.57. The van der Waals surface area contributed by atoms with Gasteiger partial charge in [-0.1, -0.05) is 77.9 Å². The minimum absolute atomic E-state index is 0.250. The molecule has 1 aromatic rings. The molecule has 0 spiro atoms. The average Bonchev–Trinajstić information content (AvgIpc) is 2.40. The van der Waals surface area contributed by atoms with Crippen molar-refractivity contribution in [1.29, 1.82) is 0 Å². The zero-order valence-corrected chi connectivity index (χ0v) is 11.6. The second kappa shape index (κ2) is 51.2. The second-order valence-electron chi connectivity index (χ2n) is 1.47. The minimum atomic E-state index is 0.250. The summed E-state index contributed by atoms with van der Waals surface area (Å²) in [5.74, 6) is 0. The maximum Gasteiger partial charge on any atom is 0.0402 e. The lowest BCUT2D eigenvalue weighted by Crippen LogP contribution is -1.57. The second-order valence-corrected chi connectivity index (χ2v) is 1.47. The number of hydrogen-bond acceptors (Lipinski definition) is 1. The van der Waals surface area contributed by atoms with Crippen LogP contribution in [0.15, 0.2) is 36.4 Å². The quantitative estimate of drug-likeness (QED) is 0.660. The largest absolute Gasteiger partial charge is 0.397 e. The van der Waals surface area contributed by atoms with E-state index in [4.69, 9.17) is 5.11 Å². The molecule has 0 atom stereocenters. The van der Waals surface area contributed by atoms with Crippen LogP contribution in [0.4, 0.5) is 0 Å². The highest BCUT2D eigenvalue weighted by Crippen LogP contribution is 1.79. The van der Waals surface area contributed by atoms with E-state index in [1.54, 1.807) is 6.92 Å². The molecule has 92 valence electrons. The molecule has 1 heteroatoms. The van der Waals surface area contributed by atoms with E-state index in [0.717, 1.165) is 0 Å². The molecule has 0 heterocycles. The van der Waals surface area contributed by atoms with Crippen LogP contribution in [-0.4, -0.2) is 11.7 Å². The molecule has 0 bridgehead atoms. The average molecular weight is 214 g/mol. The minimum Gasteiger partial charge on any atom is -0.397 e. The fourth-order valence-electron chi connectivity index (χ4n) is 0.385. The molecule has 0 saturated heterocycles. The summed E-state index contributed by atoms with van der Waals surface area (Å²) in [4.78, 5) is 0. The predicted octanol–water partition coefficient (Wildman–Crippen LogP) is 4.76. The molecule has 0 aromatic heterocycles. The summed E-state index contributed by atoms with van der Waals surface area (Å²) in [6.07, 6.45) is 0. The highest BCUT2D eigenvalue weighted by molar-refractivity contribution is 4.99. The van der Waals surface area contributed by atoms with Gasteiger partial charge >= 0.3 is 0 Å². The van der Waals surface area contributed by atoms with Crippen LogP contribution in [0.1, 0.15) is 48.5 Å². The first-order valence-electron chi connectivity index (χ1n) is 6.02. The van der Waals surface area contributed by atoms with Gasteiger partial charge in [-0.15, -0.1) is 0 Å². The van der Waals surface area contributed by atoms with Crippen molar-refractivity contribution in [3.8, 4) is 0 Å². The van der Waals surface area contributed by atoms with Gasteiger partial charge < -0.3 is 5.11 Å². The van der Waals surface area contributed by atoms with Crippen molar-refractivity contribution in [2.75, 3.05) is 6.61 Å². The van der Waals surface area contributed by atoms with E-state index in [9.17, 15) is 0 Å². The highest BCUT2D eigenvalue weighted by Gasteiger charge is 1.57. The Hall–Kier alpha value is -0.820. The van der Waals surface area contributed by atoms with E-state index in [0.29, 0.717) is 0 Å². The van der Waals surface area contributed by atoms with E-state index >= 15 is 0 Å². The normalized spacial score (nSPS) is 5.60. The third-order valence-electron chi connectivity index (χ3n) is 0.667. The fraction of sp³-hybridized carbons (Fsp3) is 0.571. The van der Waals surface area contributed by atoms with Gasteiger partial charge in [-0.2, -0.15) is 0 Å². The molecule has 0 aliphatic heterocycles. The zero-order chi connectivity index (χ0) is 12.9. The third kappa shape index (κ3) is 61.4. The summed E-state index contributed by atoms with van der Waals surface area (Å²) in [5, 5.41) is 7.57. The van der Waals surface area contributed by atoms with Crippen molar-refractivity contribution in [3.05, 3.63) is 36.4 Å². The van der Waals surface area contributed by atoms with Crippen LogP contribution in [-0.2, 0) is 0 Å². The van der Waals surface area contributed by atoms with Gasteiger partial charge in [0.25, 0.3) is 0 Å². The van der Waals surface area contributed by atoms with Gasteiger partial charge in [0.1, 0.15) is 0 Å². The van der Waals surface area contributed by atoms with Gasteiger partial charge in [-0.05, 0) is 6.92 Å². The monoisotopic (exact) mass is 214 g/mol. The molecule has 0 aliphatic carbocycles. The molecular formula is C14H30O. The summed E-state index contributed by atoms with van der Waals surface area (Å²) in [6, 6.07) is 12.0. The van der Waals surface area contributed by atoms with Crippen molar-refractivity contribution in [1.82, 2.24) is 0 Å². The summed E-state index contributed by atoms with van der Waals surface area (Å²) >= 11 is 0. The number of rotatable bonds is 0. The molecule has 0 unspecified atom stereocenters. The van der Waals surface area contributed by atoms with Gasteiger partial charge in [0, 0.05) is 6.61 Å². The topological polar surface area (TPSA) is 20.2 Å². The van der Waals surface area contributed by atoms with Crippen molar-refractivity contribution in [3.63, 3.8) is 0 Å². The van der Waals surface area contributed by atoms with Crippen molar-refractivity contribution < 1.29 is 5.11 Å². The van der Waals surface area contributed by atoms with Gasteiger partial charge in [0.15, 0.2) is 0 Å². The van der Waals surface area contributed by atoms with Crippen molar-refractivity contribution in [2.45, 2.75) is 48.5 Å². The molecule has 1 rings (SSSR count). The smallest absolute Gasteiger partial charge is 0.0402 e. The van der Waals surface area contributed by atoms with Gasteiger partial charge in [0.05, 0.1) is 0 Å². The summed E-state index contributed by atoms with van der Waals surface area (Å²) in [5.41, 5.74) is 0. The molecule has 1 aromatic carbocycles. The third-order valence-corrected chi connectivity index (χ3v) is 0.667. The molecule has 0 aliphatic rings. The molecule has 1 N–H and O–H groups in total. The van der Waals surface area contributed by atoms with Gasteiger partial charge in [0.2, 0.25) is 0 Å². The fourth-order valence-corrected chi connectivity index (χ4v) is 0.385. The van der Waals surface area contributed by atoms with Gasteiger partial charge in [-0.3, -0.25) is 0 Å². The van der Waals surface area contributed by atoms with Crippen LogP contribution in [0.2, 0.25) is 0 Å². The SMILES string of the molecule is CC.CC.CC.CCO.c1ccccc1. The van der Waals surface area contributed by atoms with Gasteiger partial charge in [-0.25, -0.2) is 0 Å². The number of hydrogen-bond donors (Lipinski definition) is 1. The Morgan fingerprint density at radius 2 is 0.667 bits per heavy atom. The molecule has 0 radical (unpaired) electrons. The molecule has 1 nitrogen and oxygen atoms in total. The van der Waals surface area contributed by atoms with E-state index in [2.05, 4.69) is 0 Å². The molecule has 0 fully saturated rings. The first-order chi connectivity index (χ1) is 7.41. The van der Waals surface area contributed by atoms with Crippen LogP contribution >= 0.6 is 0 Å². The van der Waals surface area contributed by atoms with Crippen LogP contribution < -0.4 is 0 Å². The van der Waals surface area contributed by atoms with Crippen LogP contribution in [0.3, 0.4) is 0 Å².